The van der Waals surface area contributed by atoms with Gasteiger partial charge in [0.2, 0.25) is 0 Å². The van der Waals surface area contributed by atoms with Crippen molar-refractivity contribution in [2.45, 2.75) is 59.9 Å². The highest BCUT2D eigenvalue weighted by atomic mass is 15.2. The molecule has 0 aromatic rings. The number of nitrogens with one attached hydrogen (secondary N) is 1. The SMILES string of the molecule is CCC1CCN(C(C)C(C)CNCC(C)C)CC1. The third kappa shape index (κ3) is 5.27. The quantitative estimate of drug-likeness (QED) is 0.749. The number of nitrogens with zero attached hydrogens (tertiary/aromatic N) is 1. The highest BCUT2D eigenvalue weighted by Crippen LogP contribution is 2.23. The van der Waals surface area contributed by atoms with Crippen LogP contribution in [0.25, 0.3) is 0 Å². The summed E-state index contributed by atoms with van der Waals surface area (Å²) in [5, 5.41) is 3.60. The molecule has 18 heavy (non-hydrogen) atoms. The van der Waals surface area contributed by atoms with Gasteiger partial charge in [-0.3, -0.25) is 0 Å². The summed E-state index contributed by atoms with van der Waals surface area (Å²) in [6, 6.07) is 0.725. The summed E-state index contributed by atoms with van der Waals surface area (Å²) in [5.74, 6) is 2.50. The zero-order valence-corrected chi connectivity index (χ0v) is 13.2. The molecule has 0 aromatic carbocycles. The van der Waals surface area contributed by atoms with Gasteiger partial charge >= 0.3 is 0 Å². The van der Waals surface area contributed by atoms with E-state index in [1.807, 2.05) is 0 Å². The molecule has 2 nitrogen and oxygen atoms in total. The van der Waals surface area contributed by atoms with Gasteiger partial charge in [0.15, 0.2) is 0 Å². The van der Waals surface area contributed by atoms with E-state index < -0.39 is 0 Å². The minimum absolute atomic E-state index is 0.725. The maximum absolute atomic E-state index is 3.60. The predicted molar refractivity (Wildman–Crippen MR) is 80.9 cm³/mol. The first-order valence-electron chi connectivity index (χ1n) is 7.99. The molecule has 1 saturated heterocycles. The molecule has 1 aliphatic heterocycles. The van der Waals surface area contributed by atoms with E-state index in [0.29, 0.717) is 0 Å². The molecule has 0 bridgehead atoms. The fourth-order valence-electron chi connectivity index (χ4n) is 2.90. The van der Waals surface area contributed by atoms with E-state index >= 15 is 0 Å². The van der Waals surface area contributed by atoms with E-state index in [2.05, 4.69) is 44.8 Å². The number of hydrogen-bond donors (Lipinski definition) is 1. The Morgan fingerprint density at radius 3 is 2.17 bits per heavy atom. The van der Waals surface area contributed by atoms with Crippen LogP contribution in [0.3, 0.4) is 0 Å². The Morgan fingerprint density at radius 1 is 1.06 bits per heavy atom. The minimum Gasteiger partial charge on any atom is -0.316 e. The molecule has 1 fully saturated rings. The van der Waals surface area contributed by atoms with Crippen LogP contribution < -0.4 is 5.32 Å². The molecule has 0 aromatic heterocycles. The van der Waals surface area contributed by atoms with Crippen LogP contribution in [0.1, 0.15) is 53.9 Å². The molecule has 1 N–H and O–H groups in total. The molecule has 1 heterocycles. The average molecular weight is 254 g/mol. The standard InChI is InChI=1S/C16H34N2/c1-6-16-7-9-18(10-8-16)15(5)14(4)12-17-11-13(2)3/h13-17H,6-12H2,1-5H3. The van der Waals surface area contributed by atoms with Crippen molar-refractivity contribution in [2.75, 3.05) is 26.2 Å². The van der Waals surface area contributed by atoms with Crippen molar-refractivity contribution in [3.05, 3.63) is 0 Å². The third-order valence-electron chi connectivity index (χ3n) is 4.64. The highest BCUT2D eigenvalue weighted by molar-refractivity contribution is 4.79. The fraction of sp³-hybridized carbons (Fsp3) is 1.00. The van der Waals surface area contributed by atoms with E-state index in [1.54, 1.807) is 0 Å². The fourth-order valence-corrected chi connectivity index (χ4v) is 2.90. The summed E-state index contributed by atoms with van der Waals surface area (Å²) < 4.78 is 0. The summed E-state index contributed by atoms with van der Waals surface area (Å²) in [7, 11) is 0. The van der Waals surface area contributed by atoms with Crippen LogP contribution in [0.2, 0.25) is 0 Å². The van der Waals surface area contributed by atoms with Gasteiger partial charge in [-0.25, -0.2) is 0 Å². The van der Waals surface area contributed by atoms with E-state index in [0.717, 1.165) is 36.9 Å². The molecule has 0 amide bonds. The Morgan fingerprint density at radius 2 is 1.67 bits per heavy atom. The molecule has 0 radical (unpaired) electrons. The van der Waals surface area contributed by atoms with E-state index in [1.165, 1.54) is 32.4 Å². The Labute approximate surface area is 115 Å². The van der Waals surface area contributed by atoms with Gasteiger partial charge in [0, 0.05) is 6.04 Å². The van der Waals surface area contributed by atoms with Crippen molar-refractivity contribution in [1.82, 2.24) is 10.2 Å². The predicted octanol–water partition coefficient (Wildman–Crippen LogP) is 3.38. The maximum Gasteiger partial charge on any atom is 0.0105 e. The van der Waals surface area contributed by atoms with Gasteiger partial charge in [-0.15, -0.1) is 0 Å². The molecule has 0 aliphatic carbocycles. The zero-order valence-electron chi connectivity index (χ0n) is 13.2. The van der Waals surface area contributed by atoms with Crippen molar-refractivity contribution < 1.29 is 0 Å². The van der Waals surface area contributed by atoms with Crippen LogP contribution in [0.15, 0.2) is 0 Å². The lowest BCUT2D eigenvalue weighted by molar-refractivity contribution is 0.107. The van der Waals surface area contributed by atoms with Gasteiger partial charge in [0.1, 0.15) is 0 Å². The molecular weight excluding hydrogens is 220 g/mol. The molecule has 1 rings (SSSR count). The molecule has 108 valence electrons. The van der Waals surface area contributed by atoms with E-state index in [4.69, 9.17) is 0 Å². The molecule has 2 atom stereocenters. The average Bonchev–Trinajstić information content (AvgIpc) is 2.37. The number of hydrogen-bond acceptors (Lipinski definition) is 2. The van der Waals surface area contributed by atoms with Crippen LogP contribution in [0.4, 0.5) is 0 Å². The lowest BCUT2D eigenvalue weighted by Gasteiger charge is -2.38. The number of rotatable bonds is 7. The van der Waals surface area contributed by atoms with Gasteiger partial charge in [-0.1, -0.05) is 34.1 Å². The smallest absolute Gasteiger partial charge is 0.0105 e. The lowest BCUT2D eigenvalue weighted by Crippen LogP contribution is -2.45. The lowest BCUT2D eigenvalue weighted by atomic mass is 9.91. The summed E-state index contributed by atoms with van der Waals surface area (Å²) in [6.45, 7) is 16.6. The van der Waals surface area contributed by atoms with Crippen molar-refractivity contribution in [3.63, 3.8) is 0 Å². The van der Waals surface area contributed by atoms with Gasteiger partial charge in [-0.05, 0) is 63.7 Å². The van der Waals surface area contributed by atoms with Gasteiger partial charge < -0.3 is 10.2 Å². The van der Waals surface area contributed by atoms with Gasteiger partial charge in [0.25, 0.3) is 0 Å². The molecule has 2 unspecified atom stereocenters. The van der Waals surface area contributed by atoms with Crippen molar-refractivity contribution in [2.24, 2.45) is 17.8 Å². The Balaban J connectivity index is 2.24. The monoisotopic (exact) mass is 254 g/mol. The Kier molecular flexibility index (Phi) is 7.25. The van der Waals surface area contributed by atoms with Crippen LogP contribution >= 0.6 is 0 Å². The second-order valence-corrected chi connectivity index (χ2v) is 6.66. The summed E-state index contributed by atoms with van der Waals surface area (Å²) in [4.78, 5) is 2.70. The van der Waals surface area contributed by atoms with Crippen LogP contribution in [0, 0.1) is 17.8 Å². The van der Waals surface area contributed by atoms with Crippen molar-refractivity contribution >= 4 is 0 Å². The summed E-state index contributed by atoms with van der Waals surface area (Å²) in [5.41, 5.74) is 0. The second kappa shape index (κ2) is 8.16. The van der Waals surface area contributed by atoms with Crippen molar-refractivity contribution in [1.29, 1.82) is 0 Å². The molecule has 0 spiro atoms. The van der Waals surface area contributed by atoms with Crippen LogP contribution in [-0.2, 0) is 0 Å². The Bertz CT molecular complexity index is 207. The maximum atomic E-state index is 3.60. The number of likely N-dealkylation sites (tertiary alicyclic amines) is 1. The van der Waals surface area contributed by atoms with E-state index in [-0.39, 0.29) is 0 Å². The summed E-state index contributed by atoms with van der Waals surface area (Å²) >= 11 is 0. The van der Waals surface area contributed by atoms with Crippen LogP contribution in [-0.4, -0.2) is 37.1 Å². The topological polar surface area (TPSA) is 15.3 Å². The molecule has 2 heteroatoms. The third-order valence-corrected chi connectivity index (χ3v) is 4.64. The van der Waals surface area contributed by atoms with Crippen LogP contribution in [0.5, 0.6) is 0 Å². The minimum atomic E-state index is 0.725. The van der Waals surface area contributed by atoms with Crippen molar-refractivity contribution in [3.8, 4) is 0 Å². The number of piperidine rings is 1. The molecule has 1 aliphatic rings. The first kappa shape index (κ1) is 16.0. The molecule has 0 saturated carbocycles. The Hall–Kier alpha value is -0.0800. The van der Waals surface area contributed by atoms with E-state index in [9.17, 15) is 0 Å². The first-order valence-corrected chi connectivity index (χ1v) is 7.99. The largest absolute Gasteiger partial charge is 0.316 e. The normalized spacial score (nSPS) is 22.3. The highest BCUT2D eigenvalue weighted by Gasteiger charge is 2.24. The zero-order chi connectivity index (χ0) is 13.5. The summed E-state index contributed by atoms with van der Waals surface area (Å²) in [6.07, 6.45) is 4.19. The molecular formula is C16H34N2. The second-order valence-electron chi connectivity index (χ2n) is 6.66. The van der Waals surface area contributed by atoms with Gasteiger partial charge in [-0.2, -0.15) is 0 Å². The van der Waals surface area contributed by atoms with Gasteiger partial charge in [0.05, 0.1) is 0 Å². The first-order chi connectivity index (χ1) is 8.54.